The number of hydrogen-bond donors (Lipinski definition) is 0. The van der Waals surface area contributed by atoms with Crippen molar-refractivity contribution in [3.8, 4) is 39.8 Å². The monoisotopic (exact) mass is 450 g/mol. The third kappa shape index (κ3) is 3.55. The molecule has 4 aromatic rings. The third-order valence-electron chi connectivity index (χ3n) is 4.75. The number of ether oxygens (including phenoxy) is 3. The molecule has 0 atom stereocenters. The van der Waals surface area contributed by atoms with Gasteiger partial charge in [-0.25, -0.2) is 4.98 Å². The molecule has 164 valence electrons. The van der Waals surface area contributed by atoms with Gasteiger partial charge in [0.2, 0.25) is 6.79 Å². The van der Waals surface area contributed by atoms with E-state index in [1.807, 2.05) is 0 Å². The van der Waals surface area contributed by atoms with E-state index in [9.17, 15) is 22.0 Å². The molecule has 0 spiro atoms. The second kappa shape index (κ2) is 7.36. The number of aromatic nitrogens is 2. The Morgan fingerprint density at radius 3 is 2.53 bits per heavy atom. The van der Waals surface area contributed by atoms with Crippen LogP contribution in [-0.2, 0) is 6.18 Å². The zero-order valence-corrected chi connectivity index (χ0v) is 15.8. The smallest absolute Gasteiger partial charge is 0.417 e. The molecule has 2 aromatic carbocycles. The molecule has 0 saturated heterocycles. The minimum atomic E-state index is -4.77. The fourth-order valence-corrected chi connectivity index (χ4v) is 3.40. The van der Waals surface area contributed by atoms with Crippen molar-refractivity contribution in [2.24, 2.45) is 0 Å². The van der Waals surface area contributed by atoms with E-state index in [-0.39, 0.29) is 40.6 Å². The van der Waals surface area contributed by atoms with Crippen molar-refractivity contribution in [2.45, 2.75) is 12.8 Å². The zero-order chi connectivity index (χ0) is 22.5. The van der Waals surface area contributed by atoms with Crippen molar-refractivity contribution >= 4 is 11.1 Å². The van der Waals surface area contributed by atoms with Gasteiger partial charge in [0.25, 0.3) is 5.71 Å². The normalized spacial score (nSPS) is 13.2. The van der Waals surface area contributed by atoms with Gasteiger partial charge in [-0.15, -0.1) is 0 Å². The Balaban J connectivity index is 1.67. The number of pyridine rings is 1. The number of fused-ring (bicyclic) bond motifs is 2. The second-order valence-electron chi connectivity index (χ2n) is 6.74. The summed E-state index contributed by atoms with van der Waals surface area (Å²) >= 11 is 0. The molecule has 0 bridgehead atoms. The molecule has 0 N–H and O–H groups in total. The largest absolute Gasteiger partial charge is 0.454 e. The predicted octanol–water partition coefficient (Wildman–Crippen LogP) is 5.91. The van der Waals surface area contributed by atoms with Crippen LogP contribution < -0.4 is 14.2 Å². The number of benzene rings is 2. The van der Waals surface area contributed by atoms with Crippen molar-refractivity contribution in [3.63, 3.8) is 0 Å². The van der Waals surface area contributed by atoms with Crippen molar-refractivity contribution in [1.29, 1.82) is 0 Å². The van der Waals surface area contributed by atoms with Crippen molar-refractivity contribution in [3.05, 3.63) is 54.1 Å². The molecule has 6 nitrogen and oxygen atoms in total. The summed E-state index contributed by atoms with van der Waals surface area (Å²) < 4.78 is 86.9. The first kappa shape index (κ1) is 20.0. The minimum Gasteiger partial charge on any atom is -0.454 e. The summed E-state index contributed by atoms with van der Waals surface area (Å²) in [6.45, 7) is -3.07. The lowest BCUT2D eigenvalue weighted by Crippen LogP contribution is -2.07. The summed E-state index contributed by atoms with van der Waals surface area (Å²) in [6, 6.07) is 10.6. The summed E-state index contributed by atoms with van der Waals surface area (Å²) in [5.74, 6) is 0.614. The van der Waals surface area contributed by atoms with Crippen molar-refractivity contribution in [1.82, 2.24) is 10.1 Å². The van der Waals surface area contributed by atoms with E-state index in [0.29, 0.717) is 17.1 Å². The highest BCUT2D eigenvalue weighted by molar-refractivity contribution is 5.94. The Labute approximate surface area is 176 Å². The maximum absolute atomic E-state index is 14.0. The highest BCUT2D eigenvalue weighted by Gasteiger charge is 2.36. The number of halogens is 5. The molecule has 0 aliphatic carbocycles. The lowest BCUT2D eigenvalue weighted by Gasteiger charge is -2.11. The molecule has 5 rings (SSSR count). The minimum absolute atomic E-state index is 0.00536. The molecule has 0 unspecified atom stereocenters. The molecule has 32 heavy (non-hydrogen) atoms. The van der Waals surface area contributed by atoms with Crippen LogP contribution in [0, 0.1) is 0 Å². The van der Waals surface area contributed by atoms with E-state index in [1.54, 1.807) is 6.07 Å². The van der Waals surface area contributed by atoms with Gasteiger partial charge >= 0.3 is 12.8 Å². The summed E-state index contributed by atoms with van der Waals surface area (Å²) in [6.07, 6.45) is -4.77. The van der Waals surface area contributed by atoms with Gasteiger partial charge in [-0.2, -0.15) is 22.0 Å². The number of rotatable bonds is 4. The molecule has 2 aromatic heterocycles. The lowest BCUT2D eigenvalue weighted by atomic mass is 10.0. The Morgan fingerprint density at radius 2 is 1.75 bits per heavy atom. The molecule has 1 aliphatic heterocycles. The van der Waals surface area contributed by atoms with Gasteiger partial charge in [-0.05, 0) is 36.4 Å². The van der Waals surface area contributed by atoms with Gasteiger partial charge in [-0.1, -0.05) is 17.3 Å². The highest BCUT2D eigenvalue weighted by atomic mass is 19.4. The number of nitrogens with zero attached hydrogens (tertiary/aromatic N) is 2. The van der Waals surface area contributed by atoms with Crippen LogP contribution in [0.3, 0.4) is 0 Å². The standard InChI is InChI=1S/C21H11F5N2O4/c22-20(23)31-12-3-1-2-10(6-12)14-8-13(21(24,25)26)17-18(28-32-19(17)27-14)11-4-5-15-16(7-11)30-9-29-15/h1-8,20H,9H2. The second-order valence-corrected chi connectivity index (χ2v) is 6.74. The summed E-state index contributed by atoms with van der Waals surface area (Å²) in [4.78, 5) is 4.13. The fourth-order valence-electron chi connectivity index (χ4n) is 3.40. The zero-order valence-electron chi connectivity index (χ0n) is 15.8. The van der Waals surface area contributed by atoms with Gasteiger partial charge in [0, 0.05) is 11.1 Å². The van der Waals surface area contributed by atoms with E-state index >= 15 is 0 Å². The fraction of sp³-hybridized carbons (Fsp3) is 0.143. The SMILES string of the molecule is FC(F)Oc1cccc(-c2cc(C(F)(F)F)c3c(-c4ccc5c(c4)OCO5)noc3n2)c1. The quantitative estimate of drug-likeness (QED) is 0.361. The Hall–Kier alpha value is -3.89. The summed E-state index contributed by atoms with van der Waals surface area (Å²) in [7, 11) is 0. The van der Waals surface area contributed by atoms with Crippen LogP contribution in [0.4, 0.5) is 22.0 Å². The van der Waals surface area contributed by atoms with Gasteiger partial charge in [0.15, 0.2) is 11.5 Å². The molecular formula is C21H11F5N2O4. The van der Waals surface area contributed by atoms with Gasteiger partial charge in [0.05, 0.1) is 16.6 Å². The topological polar surface area (TPSA) is 66.6 Å². The highest BCUT2D eigenvalue weighted by Crippen LogP contribution is 2.43. The van der Waals surface area contributed by atoms with Crippen LogP contribution in [0.15, 0.2) is 53.1 Å². The summed E-state index contributed by atoms with van der Waals surface area (Å²) in [5, 5.41) is 3.47. The first-order valence-electron chi connectivity index (χ1n) is 9.12. The average molecular weight is 450 g/mol. The van der Waals surface area contributed by atoms with Crippen LogP contribution in [0.5, 0.6) is 17.2 Å². The molecule has 0 radical (unpaired) electrons. The Bertz CT molecular complexity index is 1320. The van der Waals surface area contributed by atoms with Crippen LogP contribution >= 0.6 is 0 Å². The molecule has 3 heterocycles. The van der Waals surface area contributed by atoms with E-state index in [1.165, 1.54) is 30.3 Å². The number of hydrogen-bond acceptors (Lipinski definition) is 6. The molecule has 1 aliphatic rings. The first-order valence-corrected chi connectivity index (χ1v) is 9.12. The molecule has 0 saturated carbocycles. The van der Waals surface area contributed by atoms with Crippen LogP contribution in [0.2, 0.25) is 0 Å². The third-order valence-corrected chi connectivity index (χ3v) is 4.75. The van der Waals surface area contributed by atoms with Gasteiger partial charge < -0.3 is 18.7 Å². The number of alkyl halides is 5. The first-order chi connectivity index (χ1) is 15.3. The maximum atomic E-state index is 14.0. The van der Waals surface area contributed by atoms with E-state index < -0.39 is 18.4 Å². The van der Waals surface area contributed by atoms with Crippen LogP contribution in [0.1, 0.15) is 5.56 Å². The van der Waals surface area contributed by atoms with Crippen LogP contribution in [0.25, 0.3) is 33.6 Å². The Morgan fingerprint density at radius 1 is 0.938 bits per heavy atom. The average Bonchev–Trinajstić information content (AvgIpc) is 3.38. The van der Waals surface area contributed by atoms with E-state index in [2.05, 4.69) is 14.9 Å². The van der Waals surface area contributed by atoms with Crippen LogP contribution in [-0.4, -0.2) is 23.5 Å². The summed E-state index contributed by atoms with van der Waals surface area (Å²) in [5.41, 5.74) is -1.15. The van der Waals surface area contributed by atoms with Gasteiger partial charge in [-0.3, -0.25) is 0 Å². The predicted molar refractivity (Wildman–Crippen MR) is 100 cm³/mol. The molecule has 11 heteroatoms. The van der Waals surface area contributed by atoms with E-state index in [4.69, 9.17) is 14.0 Å². The molecule has 0 fully saturated rings. The molecule has 0 amide bonds. The Kier molecular flexibility index (Phi) is 4.61. The van der Waals surface area contributed by atoms with Gasteiger partial charge in [0.1, 0.15) is 11.4 Å². The lowest BCUT2D eigenvalue weighted by molar-refractivity contribution is -0.136. The molecular weight excluding hydrogens is 439 g/mol. The van der Waals surface area contributed by atoms with E-state index in [0.717, 1.165) is 12.1 Å². The maximum Gasteiger partial charge on any atom is 0.417 e. The van der Waals surface area contributed by atoms with Crippen molar-refractivity contribution < 1.29 is 40.7 Å². The van der Waals surface area contributed by atoms with Crippen molar-refractivity contribution in [2.75, 3.05) is 6.79 Å².